The highest BCUT2D eigenvalue weighted by atomic mass is 79.9. The normalized spacial score (nSPS) is 24.1. The van der Waals surface area contributed by atoms with E-state index >= 15 is 0 Å². The van der Waals surface area contributed by atoms with Crippen molar-refractivity contribution in [3.05, 3.63) is 19.2 Å². The summed E-state index contributed by atoms with van der Waals surface area (Å²) in [6, 6.07) is 2.21. The summed E-state index contributed by atoms with van der Waals surface area (Å²) in [7, 11) is 0. The number of rotatable bonds is 2. The first-order chi connectivity index (χ1) is 7.68. The van der Waals surface area contributed by atoms with Gasteiger partial charge in [-0.05, 0) is 57.3 Å². The van der Waals surface area contributed by atoms with Gasteiger partial charge in [0.1, 0.15) is 6.10 Å². The van der Waals surface area contributed by atoms with Crippen LogP contribution in [0.15, 0.2) is 14.3 Å². The minimum atomic E-state index is -0.384. The lowest BCUT2D eigenvalue weighted by Gasteiger charge is -2.21. The van der Waals surface area contributed by atoms with Crippen LogP contribution in [-0.4, -0.2) is 17.7 Å². The van der Waals surface area contributed by atoms with E-state index in [1.807, 2.05) is 6.07 Å². The molecule has 0 radical (unpaired) electrons. The third-order valence-corrected chi connectivity index (χ3v) is 6.26. The molecule has 2 N–H and O–H groups in total. The maximum Gasteiger partial charge on any atom is 0.103 e. The lowest BCUT2D eigenvalue weighted by Crippen LogP contribution is -2.33. The smallest absolute Gasteiger partial charge is 0.103 e. The van der Waals surface area contributed by atoms with E-state index in [1.54, 1.807) is 11.3 Å². The Hall–Kier alpha value is 0.580. The second-order valence-electron chi connectivity index (χ2n) is 4.13. The number of aliphatic hydroxyl groups is 1. The van der Waals surface area contributed by atoms with E-state index in [2.05, 4.69) is 37.2 Å². The van der Waals surface area contributed by atoms with Gasteiger partial charge in [0.25, 0.3) is 0 Å². The molecule has 1 aromatic rings. The fraction of sp³-hybridized carbons (Fsp3) is 0.636. The van der Waals surface area contributed by atoms with E-state index in [9.17, 15) is 5.11 Å². The zero-order valence-electron chi connectivity index (χ0n) is 8.88. The zero-order chi connectivity index (χ0) is 11.5. The predicted molar refractivity (Wildman–Crippen MR) is 74.9 cm³/mol. The highest BCUT2D eigenvalue weighted by molar-refractivity contribution is 9.13. The van der Waals surface area contributed by atoms with Gasteiger partial charge < -0.3 is 10.4 Å². The molecule has 2 nitrogen and oxygen atoms in total. The van der Waals surface area contributed by atoms with Crippen LogP contribution < -0.4 is 5.32 Å². The minimum absolute atomic E-state index is 0.208. The third kappa shape index (κ3) is 3.07. The molecule has 0 spiro atoms. The number of hydrogen-bond donors (Lipinski definition) is 2. The standard InChI is InChI=1S/C11H15Br2NOS/c12-7-6-9(16-11(7)13)10(15)8-4-2-1-3-5-14-8/h6,8,10,14-15H,1-5H2. The summed E-state index contributed by atoms with van der Waals surface area (Å²) in [6.45, 7) is 1.02. The Bertz CT molecular complexity index is 328. The maximum atomic E-state index is 10.3. The molecular weight excluding hydrogens is 354 g/mol. The first-order valence-electron chi connectivity index (χ1n) is 5.54. The van der Waals surface area contributed by atoms with Gasteiger partial charge in [0.2, 0.25) is 0 Å². The van der Waals surface area contributed by atoms with E-state index in [4.69, 9.17) is 0 Å². The molecule has 90 valence electrons. The SMILES string of the molecule is OC(c1cc(Br)c(Br)s1)C1CCCCCN1. The van der Waals surface area contributed by atoms with Crippen LogP contribution in [0.5, 0.6) is 0 Å². The summed E-state index contributed by atoms with van der Waals surface area (Å²) in [6.07, 6.45) is 4.39. The van der Waals surface area contributed by atoms with E-state index < -0.39 is 0 Å². The highest BCUT2D eigenvalue weighted by Crippen LogP contribution is 2.37. The van der Waals surface area contributed by atoms with Gasteiger partial charge in [-0.2, -0.15) is 0 Å². The van der Waals surface area contributed by atoms with Crippen molar-refractivity contribution in [1.29, 1.82) is 0 Å². The van der Waals surface area contributed by atoms with Crippen LogP contribution in [0.3, 0.4) is 0 Å². The quantitative estimate of drug-likeness (QED) is 0.831. The lowest BCUT2D eigenvalue weighted by atomic mass is 10.0. The lowest BCUT2D eigenvalue weighted by molar-refractivity contribution is 0.129. The van der Waals surface area contributed by atoms with Gasteiger partial charge in [0, 0.05) is 15.4 Å². The fourth-order valence-corrected chi connectivity index (χ4v) is 4.17. The summed E-state index contributed by atoms with van der Waals surface area (Å²) in [5.74, 6) is 0. The molecule has 0 saturated carbocycles. The van der Waals surface area contributed by atoms with Crippen molar-refractivity contribution in [2.45, 2.75) is 37.8 Å². The number of hydrogen-bond acceptors (Lipinski definition) is 3. The van der Waals surface area contributed by atoms with Crippen LogP contribution in [0, 0.1) is 0 Å². The molecule has 2 atom stereocenters. The number of thiophene rings is 1. The average molecular weight is 369 g/mol. The molecule has 5 heteroatoms. The van der Waals surface area contributed by atoms with Crippen molar-refractivity contribution in [1.82, 2.24) is 5.32 Å². The van der Waals surface area contributed by atoms with Crippen molar-refractivity contribution >= 4 is 43.2 Å². The Labute approximate surface area is 117 Å². The number of nitrogens with one attached hydrogen (secondary N) is 1. The summed E-state index contributed by atoms with van der Waals surface area (Å²) >= 11 is 8.52. The number of halogens is 2. The van der Waals surface area contributed by atoms with Crippen LogP contribution in [0.2, 0.25) is 0 Å². The van der Waals surface area contributed by atoms with Gasteiger partial charge in [-0.3, -0.25) is 0 Å². The maximum absolute atomic E-state index is 10.3. The first-order valence-corrected chi connectivity index (χ1v) is 7.95. The zero-order valence-corrected chi connectivity index (χ0v) is 12.9. The summed E-state index contributed by atoms with van der Waals surface area (Å²) in [5.41, 5.74) is 0. The molecule has 1 fully saturated rings. The van der Waals surface area contributed by atoms with Crippen molar-refractivity contribution in [2.24, 2.45) is 0 Å². The monoisotopic (exact) mass is 367 g/mol. The molecule has 2 unspecified atom stereocenters. The van der Waals surface area contributed by atoms with Gasteiger partial charge in [-0.25, -0.2) is 0 Å². The topological polar surface area (TPSA) is 32.3 Å². The van der Waals surface area contributed by atoms with Gasteiger partial charge in [0.15, 0.2) is 0 Å². The molecule has 0 amide bonds. The summed E-state index contributed by atoms with van der Waals surface area (Å²) in [4.78, 5) is 1.03. The van der Waals surface area contributed by atoms with Crippen LogP contribution in [0.4, 0.5) is 0 Å². The molecule has 1 aliphatic rings. The largest absolute Gasteiger partial charge is 0.386 e. The van der Waals surface area contributed by atoms with Crippen molar-refractivity contribution in [2.75, 3.05) is 6.54 Å². The van der Waals surface area contributed by atoms with E-state index in [-0.39, 0.29) is 12.1 Å². The van der Waals surface area contributed by atoms with E-state index in [1.165, 1.54) is 19.3 Å². The minimum Gasteiger partial charge on any atom is -0.386 e. The molecule has 1 aliphatic heterocycles. The van der Waals surface area contributed by atoms with Gasteiger partial charge in [-0.1, -0.05) is 12.8 Å². The molecule has 1 aromatic heterocycles. The Morgan fingerprint density at radius 3 is 2.88 bits per heavy atom. The summed E-state index contributed by atoms with van der Waals surface area (Å²) in [5, 5.41) is 13.7. The van der Waals surface area contributed by atoms with Gasteiger partial charge in [0.05, 0.1) is 3.79 Å². The fourth-order valence-electron chi connectivity index (χ4n) is 2.03. The Balaban J connectivity index is 2.07. The van der Waals surface area contributed by atoms with E-state index in [0.717, 1.165) is 26.1 Å². The first kappa shape index (κ1) is 13.0. The third-order valence-electron chi connectivity index (χ3n) is 2.94. The second kappa shape index (κ2) is 5.96. The summed E-state index contributed by atoms with van der Waals surface area (Å²) < 4.78 is 2.08. The van der Waals surface area contributed by atoms with Gasteiger partial charge >= 0.3 is 0 Å². The van der Waals surface area contributed by atoms with Crippen LogP contribution in [0.1, 0.15) is 36.7 Å². The van der Waals surface area contributed by atoms with Gasteiger partial charge in [-0.15, -0.1) is 11.3 Å². The molecular formula is C11H15Br2NOS. The molecule has 2 heterocycles. The second-order valence-corrected chi connectivity index (χ2v) is 7.38. The predicted octanol–water partition coefficient (Wildman–Crippen LogP) is 3.84. The van der Waals surface area contributed by atoms with Crippen LogP contribution >= 0.6 is 43.2 Å². The molecule has 0 bridgehead atoms. The molecule has 16 heavy (non-hydrogen) atoms. The van der Waals surface area contributed by atoms with Crippen LogP contribution in [0.25, 0.3) is 0 Å². The molecule has 1 saturated heterocycles. The van der Waals surface area contributed by atoms with Crippen molar-refractivity contribution in [3.63, 3.8) is 0 Å². The highest BCUT2D eigenvalue weighted by Gasteiger charge is 2.23. The Morgan fingerprint density at radius 1 is 1.38 bits per heavy atom. The van der Waals surface area contributed by atoms with Crippen molar-refractivity contribution in [3.8, 4) is 0 Å². The van der Waals surface area contributed by atoms with Crippen molar-refractivity contribution < 1.29 is 5.11 Å². The molecule has 0 aliphatic carbocycles. The molecule has 2 rings (SSSR count). The van der Waals surface area contributed by atoms with E-state index in [0.29, 0.717) is 0 Å². The number of aliphatic hydroxyl groups excluding tert-OH is 1. The molecule has 0 aromatic carbocycles. The Kier molecular flexibility index (Phi) is 4.85. The van der Waals surface area contributed by atoms with Crippen LogP contribution in [-0.2, 0) is 0 Å². The average Bonchev–Trinajstić information content (AvgIpc) is 2.51. The Morgan fingerprint density at radius 2 is 2.19 bits per heavy atom.